The second-order valence-electron chi connectivity index (χ2n) is 2.73. The molecular formula is C10H18ClNO. The highest BCUT2D eigenvalue weighted by Crippen LogP contribution is 2.10. The van der Waals surface area contributed by atoms with E-state index >= 15 is 0 Å². The molecule has 0 aromatic rings. The first kappa shape index (κ1) is 14.9. The molecule has 0 aliphatic carbocycles. The minimum absolute atomic E-state index is 0.0428. The predicted octanol–water partition coefficient (Wildman–Crippen LogP) is 1.99. The lowest BCUT2D eigenvalue weighted by atomic mass is 10.0. The van der Waals surface area contributed by atoms with Crippen molar-refractivity contribution in [3.63, 3.8) is 0 Å². The van der Waals surface area contributed by atoms with Crippen molar-refractivity contribution in [3.05, 3.63) is 11.8 Å². The second-order valence-corrected chi connectivity index (χ2v) is 3.04. The van der Waals surface area contributed by atoms with Gasteiger partial charge < -0.3 is 10.5 Å². The van der Waals surface area contributed by atoms with Gasteiger partial charge in [-0.1, -0.05) is 13.8 Å². The summed E-state index contributed by atoms with van der Waals surface area (Å²) in [7, 11) is 1.61. The van der Waals surface area contributed by atoms with Gasteiger partial charge in [0.15, 0.2) is 0 Å². The van der Waals surface area contributed by atoms with Crippen LogP contribution in [0.25, 0.3) is 0 Å². The zero-order chi connectivity index (χ0) is 10.9. The molecule has 0 fully saturated rings. The smallest absolute Gasteiger partial charge is 0.110 e. The molecule has 0 heterocycles. The summed E-state index contributed by atoms with van der Waals surface area (Å²) < 4.78 is 5.07. The first-order valence-corrected chi connectivity index (χ1v) is 4.55. The Bertz CT molecular complexity index is 164. The van der Waals surface area contributed by atoms with Gasteiger partial charge in [-0.05, 0) is 12.0 Å². The van der Waals surface area contributed by atoms with E-state index in [0.29, 0.717) is 11.8 Å². The quantitative estimate of drug-likeness (QED) is 0.431. The maximum absolute atomic E-state index is 5.81. The van der Waals surface area contributed by atoms with Crippen molar-refractivity contribution < 1.29 is 4.74 Å². The third-order valence-electron chi connectivity index (χ3n) is 1.56. The number of nitrogens with two attached hydrogens (primary N) is 1. The molecule has 2 nitrogen and oxygen atoms in total. The summed E-state index contributed by atoms with van der Waals surface area (Å²) in [5.41, 5.74) is 5.81. The molecule has 3 heteroatoms. The molecule has 0 unspecified atom stereocenters. The predicted molar refractivity (Wildman–Crippen MR) is 58.5 cm³/mol. The average Bonchev–Trinajstić information content (AvgIpc) is 2.16. The molecule has 76 valence electrons. The fraction of sp³-hybridized carbons (Fsp3) is 0.600. The van der Waals surface area contributed by atoms with E-state index in [9.17, 15) is 0 Å². The molecular weight excluding hydrogens is 186 g/mol. The summed E-state index contributed by atoms with van der Waals surface area (Å²) >= 11 is 5.51. The SMILES string of the molecule is C#C.CO/C(=C\CCl)[C@H](N)C(C)C. The van der Waals surface area contributed by atoms with Crippen LogP contribution in [0.4, 0.5) is 0 Å². The van der Waals surface area contributed by atoms with Crippen LogP contribution in [0, 0.1) is 18.8 Å². The molecule has 0 aliphatic heterocycles. The zero-order valence-corrected chi connectivity index (χ0v) is 9.21. The van der Waals surface area contributed by atoms with Gasteiger partial charge in [0, 0.05) is 5.88 Å². The highest BCUT2D eigenvalue weighted by molar-refractivity contribution is 6.18. The van der Waals surface area contributed by atoms with Crippen molar-refractivity contribution in [1.29, 1.82) is 0 Å². The normalized spacial score (nSPS) is 13.1. The minimum atomic E-state index is -0.0428. The summed E-state index contributed by atoms with van der Waals surface area (Å²) in [4.78, 5) is 0. The molecule has 0 saturated heterocycles. The number of halogens is 1. The summed E-state index contributed by atoms with van der Waals surface area (Å²) in [5.74, 6) is 1.60. The van der Waals surface area contributed by atoms with Crippen LogP contribution in [0.1, 0.15) is 13.8 Å². The van der Waals surface area contributed by atoms with Gasteiger partial charge in [0.05, 0.1) is 13.2 Å². The van der Waals surface area contributed by atoms with Crippen LogP contribution in [0.5, 0.6) is 0 Å². The zero-order valence-electron chi connectivity index (χ0n) is 8.46. The highest BCUT2D eigenvalue weighted by atomic mass is 35.5. The van der Waals surface area contributed by atoms with Crippen LogP contribution >= 0.6 is 11.6 Å². The summed E-state index contributed by atoms with van der Waals surface area (Å²) in [5, 5.41) is 0. The van der Waals surface area contributed by atoms with Gasteiger partial charge in [-0.25, -0.2) is 0 Å². The lowest BCUT2D eigenvalue weighted by Crippen LogP contribution is -2.29. The van der Waals surface area contributed by atoms with E-state index < -0.39 is 0 Å². The van der Waals surface area contributed by atoms with Gasteiger partial charge in [0.1, 0.15) is 5.76 Å². The number of methoxy groups -OCH3 is 1. The Labute approximate surface area is 86.1 Å². The van der Waals surface area contributed by atoms with E-state index in [4.69, 9.17) is 22.1 Å². The van der Waals surface area contributed by atoms with Crippen molar-refractivity contribution >= 4 is 11.6 Å². The number of terminal acetylenes is 1. The summed E-state index contributed by atoms with van der Waals surface area (Å²) in [6.07, 6.45) is 9.80. The van der Waals surface area contributed by atoms with Gasteiger partial charge in [-0.15, -0.1) is 24.4 Å². The van der Waals surface area contributed by atoms with Crippen LogP contribution in [-0.2, 0) is 4.74 Å². The largest absolute Gasteiger partial charge is 0.500 e. The van der Waals surface area contributed by atoms with Crippen molar-refractivity contribution in [2.45, 2.75) is 19.9 Å². The van der Waals surface area contributed by atoms with Crippen molar-refractivity contribution in [2.24, 2.45) is 11.7 Å². The van der Waals surface area contributed by atoms with E-state index in [0.717, 1.165) is 5.76 Å². The Balaban J connectivity index is 0. The number of rotatable bonds is 4. The Morgan fingerprint density at radius 2 is 2.00 bits per heavy atom. The first-order chi connectivity index (χ1) is 6.13. The standard InChI is InChI=1S/C8H16ClNO.C2H2/c1-6(2)8(10)7(11-3)4-5-9;1-2/h4,6,8H,5,10H2,1-3H3;1-2H/b7-4-;/t8-;/m1./s1. The molecule has 0 aromatic heterocycles. The number of hydrogen-bond acceptors (Lipinski definition) is 2. The second kappa shape index (κ2) is 9.44. The molecule has 0 radical (unpaired) electrons. The van der Waals surface area contributed by atoms with Gasteiger partial charge in [0.25, 0.3) is 0 Å². The third-order valence-corrected chi connectivity index (χ3v) is 1.72. The minimum Gasteiger partial charge on any atom is -0.500 e. The van der Waals surface area contributed by atoms with Gasteiger partial charge >= 0.3 is 0 Å². The summed E-state index contributed by atoms with van der Waals surface area (Å²) in [6, 6.07) is -0.0428. The van der Waals surface area contributed by atoms with Crippen molar-refractivity contribution in [1.82, 2.24) is 0 Å². The topological polar surface area (TPSA) is 35.2 Å². The van der Waals surface area contributed by atoms with Crippen LogP contribution in [-0.4, -0.2) is 19.0 Å². The molecule has 0 saturated carbocycles. The van der Waals surface area contributed by atoms with E-state index in [1.165, 1.54) is 0 Å². The molecule has 2 N–H and O–H groups in total. The first-order valence-electron chi connectivity index (χ1n) is 4.02. The fourth-order valence-electron chi connectivity index (χ4n) is 0.760. The molecule has 1 atom stereocenters. The Morgan fingerprint density at radius 3 is 2.23 bits per heavy atom. The maximum atomic E-state index is 5.81. The monoisotopic (exact) mass is 203 g/mol. The fourth-order valence-corrected chi connectivity index (χ4v) is 0.912. The van der Waals surface area contributed by atoms with Crippen LogP contribution in [0.2, 0.25) is 0 Å². The van der Waals surface area contributed by atoms with Gasteiger partial charge in [-0.2, -0.15) is 0 Å². The van der Waals surface area contributed by atoms with Gasteiger partial charge in [-0.3, -0.25) is 0 Å². The van der Waals surface area contributed by atoms with E-state index in [2.05, 4.69) is 12.8 Å². The number of hydrogen-bond donors (Lipinski definition) is 1. The molecule has 0 amide bonds. The molecule has 13 heavy (non-hydrogen) atoms. The third kappa shape index (κ3) is 6.51. The molecule has 0 rings (SSSR count). The van der Waals surface area contributed by atoms with E-state index in [1.54, 1.807) is 13.2 Å². The lowest BCUT2D eigenvalue weighted by molar-refractivity contribution is 0.247. The Hall–Kier alpha value is -0.650. The van der Waals surface area contributed by atoms with Crippen molar-refractivity contribution in [3.8, 4) is 12.8 Å². The number of alkyl halides is 1. The highest BCUT2D eigenvalue weighted by Gasteiger charge is 2.12. The van der Waals surface area contributed by atoms with Crippen LogP contribution < -0.4 is 5.73 Å². The van der Waals surface area contributed by atoms with E-state index in [1.807, 2.05) is 13.8 Å². The lowest BCUT2D eigenvalue weighted by Gasteiger charge is -2.17. The van der Waals surface area contributed by atoms with Crippen LogP contribution in [0.3, 0.4) is 0 Å². The molecule has 0 spiro atoms. The Kier molecular flexibility index (Phi) is 10.8. The Morgan fingerprint density at radius 1 is 1.54 bits per heavy atom. The van der Waals surface area contributed by atoms with Gasteiger partial charge in [0.2, 0.25) is 0 Å². The van der Waals surface area contributed by atoms with E-state index in [-0.39, 0.29) is 6.04 Å². The molecule has 0 aliphatic rings. The number of ether oxygens (including phenoxy) is 1. The number of allylic oxidation sites excluding steroid dienone is 1. The van der Waals surface area contributed by atoms with Crippen molar-refractivity contribution in [2.75, 3.05) is 13.0 Å². The maximum Gasteiger partial charge on any atom is 0.110 e. The summed E-state index contributed by atoms with van der Waals surface area (Å²) in [6.45, 7) is 4.09. The van der Waals surface area contributed by atoms with Crippen LogP contribution in [0.15, 0.2) is 11.8 Å². The average molecular weight is 204 g/mol. The molecule has 0 aromatic carbocycles. The molecule has 0 bridgehead atoms.